The molecule has 0 bridgehead atoms. The molecule has 0 fully saturated rings. The number of esters is 1. The highest BCUT2D eigenvalue weighted by molar-refractivity contribution is 5.97. The van der Waals surface area contributed by atoms with Crippen molar-refractivity contribution in [3.05, 3.63) is 59.9 Å². The van der Waals surface area contributed by atoms with Crippen LogP contribution in [0.3, 0.4) is 0 Å². The maximum Gasteiger partial charge on any atom is 0.338 e. The smallest absolute Gasteiger partial charge is 0.338 e. The van der Waals surface area contributed by atoms with Crippen molar-refractivity contribution in [2.75, 3.05) is 18.1 Å². The fraction of sp³-hybridized carbons (Fsp3) is 0.167. The van der Waals surface area contributed by atoms with Crippen molar-refractivity contribution in [1.82, 2.24) is 0 Å². The lowest BCUT2D eigenvalue weighted by atomic mass is 10.2. The topological polar surface area (TPSA) is 90.6 Å². The molecule has 0 aromatic heterocycles. The summed E-state index contributed by atoms with van der Waals surface area (Å²) < 4.78 is 18.0. The summed E-state index contributed by atoms with van der Waals surface area (Å²) in [6.45, 7) is -0.456. The minimum absolute atomic E-state index is 0.0730. The van der Waals surface area contributed by atoms with Crippen molar-refractivity contribution >= 4 is 17.6 Å². The average molecular weight is 342 g/mol. The number of aromatic hydroxyl groups is 1. The third-order valence-corrected chi connectivity index (χ3v) is 3.30. The van der Waals surface area contributed by atoms with Crippen molar-refractivity contribution in [3.63, 3.8) is 0 Å². The molecule has 2 aromatic rings. The molecule has 0 aliphatic rings. The number of nitrogens with zero attached hydrogens (tertiary/aromatic N) is 2. The molecule has 0 spiro atoms. The summed E-state index contributed by atoms with van der Waals surface area (Å²) in [6.07, 6.45) is 0.0730. The second kappa shape index (κ2) is 8.45. The van der Waals surface area contributed by atoms with Gasteiger partial charge in [-0.05, 0) is 42.5 Å². The molecule has 6 nitrogen and oxygen atoms in total. The van der Waals surface area contributed by atoms with Gasteiger partial charge >= 0.3 is 5.97 Å². The van der Waals surface area contributed by atoms with Crippen LogP contribution in [0.15, 0.2) is 48.5 Å². The van der Waals surface area contributed by atoms with Gasteiger partial charge < -0.3 is 14.7 Å². The summed E-state index contributed by atoms with van der Waals surface area (Å²) in [7, 11) is 0. The number of anilines is 1. The van der Waals surface area contributed by atoms with Crippen molar-refractivity contribution in [2.45, 2.75) is 6.42 Å². The van der Waals surface area contributed by atoms with E-state index in [9.17, 15) is 19.1 Å². The molecule has 25 heavy (non-hydrogen) atoms. The first kappa shape index (κ1) is 17.9. The van der Waals surface area contributed by atoms with Gasteiger partial charge in [-0.15, -0.1) is 0 Å². The van der Waals surface area contributed by atoms with Gasteiger partial charge in [0.1, 0.15) is 11.6 Å². The Hall–Kier alpha value is -3.40. The van der Waals surface area contributed by atoms with Crippen LogP contribution in [0, 0.1) is 17.1 Å². The van der Waals surface area contributed by atoms with E-state index in [0.717, 1.165) is 0 Å². The first-order valence-electron chi connectivity index (χ1n) is 7.40. The lowest BCUT2D eigenvalue weighted by molar-refractivity contribution is -0.121. The number of hydrogen-bond donors (Lipinski definition) is 1. The van der Waals surface area contributed by atoms with E-state index in [2.05, 4.69) is 0 Å². The second-order valence-electron chi connectivity index (χ2n) is 5.06. The number of ether oxygens (including phenoxy) is 1. The molecule has 128 valence electrons. The van der Waals surface area contributed by atoms with E-state index in [1.54, 1.807) is 0 Å². The fourth-order valence-corrected chi connectivity index (χ4v) is 2.10. The molecule has 0 radical (unpaired) electrons. The zero-order valence-electron chi connectivity index (χ0n) is 13.2. The predicted octanol–water partition coefficient (Wildman–Crippen LogP) is 2.63. The molecule has 0 saturated carbocycles. The first-order valence-corrected chi connectivity index (χ1v) is 7.40. The molecular weight excluding hydrogens is 327 g/mol. The van der Waals surface area contributed by atoms with Crippen LogP contribution in [-0.2, 0) is 9.53 Å². The van der Waals surface area contributed by atoms with Gasteiger partial charge in [-0.2, -0.15) is 5.26 Å². The minimum Gasteiger partial charge on any atom is -0.508 e. The van der Waals surface area contributed by atoms with E-state index in [0.29, 0.717) is 5.69 Å². The lowest BCUT2D eigenvalue weighted by Gasteiger charge is -2.21. The number of phenolic OH excluding ortho intramolecular Hbond substituents is 1. The van der Waals surface area contributed by atoms with Crippen LogP contribution in [0.25, 0.3) is 0 Å². The van der Waals surface area contributed by atoms with Crippen LogP contribution in [0.4, 0.5) is 10.1 Å². The molecule has 2 aromatic carbocycles. The Morgan fingerprint density at radius 3 is 2.56 bits per heavy atom. The Balaban J connectivity index is 2.05. The summed E-state index contributed by atoms with van der Waals surface area (Å²) in [5.74, 6) is -1.85. The fourth-order valence-electron chi connectivity index (χ4n) is 2.10. The van der Waals surface area contributed by atoms with Crippen LogP contribution in [0.2, 0.25) is 0 Å². The Labute approximate surface area is 143 Å². The number of rotatable bonds is 6. The highest BCUT2D eigenvalue weighted by Crippen LogP contribution is 2.16. The number of amides is 1. The average Bonchev–Trinajstić information content (AvgIpc) is 2.61. The first-order chi connectivity index (χ1) is 12.0. The van der Waals surface area contributed by atoms with Gasteiger partial charge in [-0.25, -0.2) is 9.18 Å². The van der Waals surface area contributed by atoms with Gasteiger partial charge in [-0.3, -0.25) is 4.79 Å². The Kier molecular flexibility index (Phi) is 6.07. The molecule has 0 atom stereocenters. The van der Waals surface area contributed by atoms with E-state index in [4.69, 9.17) is 10.00 Å². The van der Waals surface area contributed by atoms with Gasteiger partial charge in [0.25, 0.3) is 5.91 Å². The molecule has 0 saturated heterocycles. The highest BCUT2D eigenvalue weighted by Gasteiger charge is 2.18. The van der Waals surface area contributed by atoms with Gasteiger partial charge in [0, 0.05) is 12.2 Å². The van der Waals surface area contributed by atoms with Crippen molar-refractivity contribution in [2.24, 2.45) is 0 Å². The molecule has 0 unspecified atom stereocenters. The zero-order chi connectivity index (χ0) is 18.2. The van der Waals surface area contributed by atoms with Crippen molar-refractivity contribution in [3.8, 4) is 11.8 Å². The molecule has 0 heterocycles. The summed E-state index contributed by atoms with van der Waals surface area (Å²) in [5.41, 5.74) is 0.508. The van der Waals surface area contributed by atoms with E-state index in [-0.39, 0.29) is 24.3 Å². The van der Waals surface area contributed by atoms with Crippen molar-refractivity contribution < 1.29 is 23.8 Å². The van der Waals surface area contributed by atoms with Crippen LogP contribution in [-0.4, -0.2) is 30.1 Å². The Morgan fingerprint density at radius 1 is 1.20 bits per heavy atom. The lowest BCUT2D eigenvalue weighted by Crippen LogP contribution is -2.35. The summed E-state index contributed by atoms with van der Waals surface area (Å²) in [5, 5.41) is 18.1. The minimum atomic E-state index is -0.761. The molecule has 1 N–H and O–H groups in total. The summed E-state index contributed by atoms with van der Waals surface area (Å²) in [6, 6.07) is 12.7. The van der Waals surface area contributed by atoms with E-state index in [1.165, 1.54) is 53.4 Å². The Bertz CT molecular complexity index is 799. The molecular formula is C18H15FN2O4. The van der Waals surface area contributed by atoms with Gasteiger partial charge in [-0.1, -0.05) is 6.07 Å². The monoisotopic (exact) mass is 342 g/mol. The van der Waals surface area contributed by atoms with Gasteiger partial charge in [0.05, 0.1) is 18.1 Å². The number of halogens is 1. The van der Waals surface area contributed by atoms with Gasteiger partial charge in [0.15, 0.2) is 6.61 Å². The molecule has 7 heteroatoms. The summed E-state index contributed by atoms with van der Waals surface area (Å²) >= 11 is 0. The third kappa shape index (κ3) is 5.04. The van der Waals surface area contributed by atoms with Crippen molar-refractivity contribution in [1.29, 1.82) is 5.26 Å². The molecule has 0 aliphatic heterocycles. The standard InChI is InChI=1S/C18H15FN2O4/c19-14-5-7-15(8-6-14)21(10-2-9-20)17(23)12-25-18(24)13-3-1-4-16(22)11-13/h1,3-8,11,22H,2,10,12H2. The maximum atomic E-state index is 13.0. The number of carbonyl (C=O) groups is 2. The third-order valence-electron chi connectivity index (χ3n) is 3.30. The molecule has 0 aliphatic carbocycles. The normalized spacial score (nSPS) is 9.92. The number of nitriles is 1. The van der Waals surface area contributed by atoms with E-state index < -0.39 is 24.3 Å². The van der Waals surface area contributed by atoms with E-state index in [1.807, 2.05) is 6.07 Å². The maximum absolute atomic E-state index is 13.0. The quantitative estimate of drug-likeness (QED) is 0.815. The van der Waals surface area contributed by atoms with E-state index >= 15 is 0 Å². The number of carbonyl (C=O) groups excluding carboxylic acids is 2. The van der Waals surface area contributed by atoms with Crippen LogP contribution < -0.4 is 4.90 Å². The second-order valence-corrected chi connectivity index (χ2v) is 5.06. The SMILES string of the molecule is N#CCCN(C(=O)COC(=O)c1cccc(O)c1)c1ccc(F)cc1. The number of hydrogen-bond acceptors (Lipinski definition) is 5. The zero-order valence-corrected chi connectivity index (χ0v) is 13.2. The molecule has 1 amide bonds. The van der Waals surface area contributed by atoms with Gasteiger partial charge in [0.2, 0.25) is 0 Å². The largest absolute Gasteiger partial charge is 0.508 e. The molecule has 2 rings (SSSR count). The number of benzene rings is 2. The highest BCUT2D eigenvalue weighted by atomic mass is 19.1. The summed E-state index contributed by atoms with van der Waals surface area (Å²) in [4.78, 5) is 25.5. The predicted molar refractivity (Wildman–Crippen MR) is 87.4 cm³/mol. The van der Waals surface area contributed by atoms with Crippen LogP contribution in [0.1, 0.15) is 16.8 Å². The Morgan fingerprint density at radius 2 is 1.92 bits per heavy atom. The van der Waals surface area contributed by atoms with Crippen LogP contribution in [0.5, 0.6) is 5.75 Å². The number of phenols is 1. The van der Waals surface area contributed by atoms with Crippen LogP contribution >= 0.6 is 0 Å².